The van der Waals surface area contributed by atoms with Crippen molar-refractivity contribution < 1.29 is 13.5 Å². The Labute approximate surface area is 61.3 Å². The number of aliphatic hydroxyl groups is 1. The van der Waals surface area contributed by atoms with Crippen LogP contribution in [0.5, 0.6) is 0 Å². The molecule has 0 rings (SSSR count). The monoisotopic (exact) mass is 167 g/mol. The molecule has 0 saturated carbocycles. The second-order valence-corrected chi connectivity index (χ2v) is 4.08. The van der Waals surface area contributed by atoms with Crippen LogP contribution in [-0.2, 0) is 10.0 Å². The van der Waals surface area contributed by atoms with Crippen molar-refractivity contribution in [3.8, 4) is 0 Å². The maximum Gasteiger partial charge on any atom is 0.208 e. The molecule has 5 heteroatoms. The summed E-state index contributed by atoms with van der Waals surface area (Å²) in [4.78, 5) is 0. The molecule has 1 atom stereocenters. The van der Waals surface area contributed by atoms with Crippen molar-refractivity contribution in [2.45, 2.75) is 19.4 Å². The first kappa shape index (κ1) is 9.87. The zero-order valence-corrected chi connectivity index (χ0v) is 6.98. The lowest BCUT2D eigenvalue weighted by Gasteiger charge is -2.08. The van der Waals surface area contributed by atoms with Crippen LogP contribution in [0.2, 0.25) is 0 Å². The van der Waals surface area contributed by atoms with Gasteiger partial charge in [0.15, 0.2) is 0 Å². The van der Waals surface area contributed by atoms with Gasteiger partial charge in [-0.25, -0.2) is 13.1 Å². The van der Waals surface area contributed by atoms with E-state index in [1.807, 2.05) is 0 Å². The van der Waals surface area contributed by atoms with Gasteiger partial charge in [0, 0.05) is 12.6 Å². The average Bonchev–Trinajstić information content (AvgIpc) is 1.59. The summed E-state index contributed by atoms with van der Waals surface area (Å²) in [7, 11) is -3.11. The lowest BCUT2D eigenvalue weighted by Crippen LogP contribution is -2.32. The zero-order valence-electron chi connectivity index (χ0n) is 6.16. The minimum atomic E-state index is -3.11. The third-order valence-electron chi connectivity index (χ3n) is 0.977. The van der Waals surface area contributed by atoms with Crippen LogP contribution in [0, 0.1) is 0 Å². The second kappa shape index (κ2) is 3.90. The highest BCUT2D eigenvalue weighted by Gasteiger charge is 2.06. The van der Waals surface area contributed by atoms with E-state index in [1.165, 1.54) is 0 Å². The largest absolute Gasteiger partial charge is 0.396 e. The van der Waals surface area contributed by atoms with E-state index in [4.69, 9.17) is 5.11 Å². The minimum Gasteiger partial charge on any atom is -0.396 e. The molecule has 0 radical (unpaired) electrons. The number of aliphatic hydroxyl groups excluding tert-OH is 1. The van der Waals surface area contributed by atoms with Crippen molar-refractivity contribution in [1.82, 2.24) is 4.72 Å². The van der Waals surface area contributed by atoms with E-state index in [-0.39, 0.29) is 12.6 Å². The first-order chi connectivity index (χ1) is 4.45. The Balaban J connectivity index is 3.69. The third kappa shape index (κ3) is 6.00. The molecule has 0 amide bonds. The molecule has 10 heavy (non-hydrogen) atoms. The second-order valence-electron chi connectivity index (χ2n) is 2.30. The fourth-order valence-corrected chi connectivity index (χ4v) is 1.47. The van der Waals surface area contributed by atoms with Gasteiger partial charge in [0.05, 0.1) is 6.26 Å². The summed E-state index contributed by atoms with van der Waals surface area (Å²) in [5, 5.41) is 8.40. The highest BCUT2D eigenvalue weighted by atomic mass is 32.2. The normalized spacial score (nSPS) is 15.1. The molecule has 0 saturated heterocycles. The van der Waals surface area contributed by atoms with Gasteiger partial charge in [0.2, 0.25) is 10.0 Å². The Bertz CT molecular complexity index is 175. The first-order valence-electron chi connectivity index (χ1n) is 3.04. The van der Waals surface area contributed by atoms with Gasteiger partial charge in [-0.2, -0.15) is 0 Å². The van der Waals surface area contributed by atoms with E-state index in [2.05, 4.69) is 4.72 Å². The van der Waals surface area contributed by atoms with Gasteiger partial charge in [-0.15, -0.1) is 0 Å². The van der Waals surface area contributed by atoms with Crippen LogP contribution in [-0.4, -0.2) is 32.4 Å². The molecule has 0 aliphatic rings. The Morgan fingerprint density at radius 1 is 1.60 bits per heavy atom. The van der Waals surface area contributed by atoms with Crippen LogP contribution in [0.3, 0.4) is 0 Å². The third-order valence-corrected chi connectivity index (χ3v) is 1.81. The standard InChI is InChI=1S/C5H13NO3S/c1-5(3-4-7)6-10(2,8)9/h5-7H,3-4H2,1-2H3. The minimum absolute atomic E-state index is 0.00366. The highest BCUT2D eigenvalue weighted by Crippen LogP contribution is 1.89. The molecule has 1 unspecified atom stereocenters. The SMILES string of the molecule is CC(CCO)NS(C)(=O)=O. The quantitative estimate of drug-likeness (QED) is 0.582. The Morgan fingerprint density at radius 2 is 2.10 bits per heavy atom. The van der Waals surface area contributed by atoms with E-state index >= 15 is 0 Å². The highest BCUT2D eigenvalue weighted by molar-refractivity contribution is 7.88. The molecule has 0 aromatic rings. The predicted molar refractivity (Wildman–Crippen MR) is 39.1 cm³/mol. The Morgan fingerprint density at radius 3 is 2.40 bits per heavy atom. The maximum absolute atomic E-state index is 10.5. The summed E-state index contributed by atoms with van der Waals surface area (Å²) in [5.74, 6) is 0. The lowest BCUT2D eigenvalue weighted by molar-refractivity contribution is 0.275. The predicted octanol–water partition coefficient (Wildman–Crippen LogP) is -0.694. The summed E-state index contributed by atoms with van der Waals surface area (Å²) < 4.78 is 23.4. The van der Waals surface area contributed by atoms with Gasteiger partial charge in [0.1, 0.15) is 0 Å². The van der Waals surface area contributed by atoms with E-state index < -0.39 is 10.0 Å². The summed E-state index contributed by atoms with van der Waals surface area (Å²) in [6, 6.07) is -0.181. The van der Waals surface area contributed by atoms with Gasteiger partial charge < -0.3 is 5.11 Å². The summed E-state index contributed by atoms with van der Waals surface area (Å²) >= 11 is 0. The molecule has 4 nitrogen and oxygen atoms in total. The Kier molecular flexibility index (Phi) is 3.85. The summed E-state index contributed by atoms with van der Waals surface area (Å²) in [6.07, 6.45) is 1.55. The molecule has 0 aromatic carbocycles. The molecule has 0 heterocycles. The van der Waals surface area contributed by atoms with E-state index in [1.54, 1.807) is 6.92 Å². The molecular weight excluding hydrogens is 154 g/mol. The number of hydrogen-bond donors (Lipinski definition) is 2. The molecule has 0 bridgehead atoms. The van der Waals surface area contributed by atoms with Crippen LogP contribution in [0.4, 0.5) is 0 Å². The fraction of sp³-hybridized carbons (Fsp3) is 1.00. The molecule has 0 aromatic heterocycles. The Hall–Kier alpha value is -0.130. The first-order valence-corrected chi connectivity index (χ1v) is 4.93. The van der Waals surface area contributed by atoms with Gasteiger partial charge >= 0.3 is 0 Å². The van der Waals surface area contributed by atoms with Crippen molar-refractivity contribution in [3.63, 3.8) is 0 Å². The van der Waals surface area contributed by atoms with Crippen molar-refractivity contribution in [2.24, 2.45) is 0 Å². The smallest absolute Gasteiger partial charge is 0.208 e. The molecule has 2 N–H and O–H groups in total. The van der Waals surface area contributed by atoms with Crippen molar-refractivity contribution in [1.29, 1.82) is 0 Å². The van der Waals surface area contributed by atoms with Crippen LogP contribution in [0.1, 0.15) is 13.3 Å². The number of nitrogens with one attached hydrogen (secondary N) is 1. The van der Waals surface area contributed by atoms with Crippen molar-refractivity contribution >= 4 is 10.0 Å². The molecular formula is C5H13NO3S. The van der Waals surface area contributed by atoms with Gasteiger partial charge in [-0.05, 0) is 13.3 Å². The molecule has 0 fully saturated rings. The number of rotatable bonds is 4. The maximum atomic E-state index is 10.5. The molecule has 0 aliphatic heterocycles. The van der Waals surface area contributed by atoms with Crippen LogP contribution < -0.4 is 4.72 Å². The van der Waals surface area contributed by atoms with E-state index in [0.29, 0.717) is 6.42 Å². The van der Waals surface area contributed by atoms with E-state index in [0.717, 1.165) is 6.26 Å². The molecule has 0 aliphatic carbocycles. The van der Waals surface area contributed by atoms with Gasteiger partial charge in [-0.3, -0.25) is 0 Å². The zero-order chi connectivity index (χ0) is 8.20. The topological polar surface area (TPSA) is 66.4 Å². The summed E-state index contributed by atoms with van der Waals surface area (Å²) in [5.41, 5.74) is 0. The number of hydrogen-bond acceptors (Lipinski definition) is 3. The molecule has 62 valence electrons. The van der Waals surface area contributed by atoms with Gasteiger partial charge in [-0.1, -0.05) is 0 Å². The van der Waals surface area contributed by atoms with Crippen molar-refractivity contribution in [3.05, 3.63) is 0 Å². The van der Waals surface area contributed by atoms with E-state index in [9.17, 15) is 8.42 Å². The van der Waals surface area contributed by atoms with Crippen LogP contribution in [0.15, 0.2) is 0 Å². The summed E-state index contributed by atoms with van der Waals surface area (Å²) in [6.45, 7) is 1.71. The average molecular weight is 167 g/mol. The lowest BCUT2D eigenvalue weighted by atomic mass is 10.3. The van der Waals surface area contributed by atoms with Gasteiger partial charge in [0.25, 0.3) is 0 Å². The molecule has 0 spiro atoms. The fourth-order valence-electron chi connectivity index (χ4n) is 0.618. The van der Waals surface area contributed by atoms with Crippen LogP contribution in [0.25, 0.3) is 0 Å². The van der Waals surface area contributed by atoms with Crippen LogP contribution >= 0.6 is 0 Å². The van der Waals surface area contributed by atoms with Crippen molar-refractivity contribution in [2.75, 3.05) is 12.9 Å². The number of sulfonamides is 1.